The number of amides is 1. The van der Waals surface area contributed by atoms with Gasteiger partial charge in [0.2, 0.25) is 0 Å². The van der Waals surface area contributed by atoms with Gasteiger partial charge in [0.15, 0.2) is 5.69 Å². The fraction of sp³-hybridized carbons (Fsp3) is 0.286. The van der Waals surface area contributed by atoms with Crippen LogP contribution in [0.3, 0.4) is 0 Å². The third-order valence-corrected chi connectivity index (χ3v) is 3.66. The predicted octanol–water partition coefficient (Wildman–Crippen LogP) is 0.712. The summed E-state index contributed by atoms with van der Waals surface area (Å²) in [6.07, 6.45) is 3.73. The molecule has 0 aromatic carbocycles. The molecule has 3 heterocycles. The largest absolute Gasteiger partial charge is 0.476 e. The molecule has 0 bridgehead atoms. The van der Waals surface area contributed by atoms with Crippen LogP contribution in [0.4, 0.5) is 0 Å². The van der Waals surface area contributed by atoms with Crippen molar-refractivity contribution in [2.45, 2.75) is 13.0 Å². The highest BCUT2D eigenvalue weighted by Gasteiger charge is 2.29. The number of pyridine rings is 1. The number of hydrogen-bond acceptors (Lipinski definition) is 4. The van der Waals surface area contributed by atoms with Crippen molar-refractivity contribution in [2.24, 2.45) is 7.05 Å². The molecule has 1 N–H and O–H groups in total. The average Bonchev–Trinajstić information content (AvgIpc) is 2.84. The molecule has 0 saturated carbocycles. The Bertz CT molecular complexity index is 709. The van der Waals surface area contributed by atoms with Crippen LogP contribution in [0.1, 0.15) is 32.1 Å². The van der Waals surface area contributed by atoms with Crippen LogP contribution in [-0.4, -0.2) is 43.2 Å². The van der Waals surface area contributed by atoms with Gasteiger partial charge < -0.3 is 10.0 Å². The Morgan fingerprint density at radius 2 is 2.00 bits per heavy atom. The maximum Gasteiger partial charge on any atom is 0.356 e. The lowest BCUT2D eigenvalue weighted by molar-refractivity contribution is 0.0674. The zero-order valence-electron chi connectivity index (χ0n) is 11.5. The van der Waals surface area contributed by atoms with Crippen molar-refractivity contribution in [3.8, 4) is 0 Å². The number of carbonyl (C=O) groups is 2. The van der Waals surface area contributed by atoms with Crippen LogP contribution in [0.2, 0.25) is 0 Å². The van der Waals surface area contributed by atoms with Crippen molar-refractivity contribution in [3.63, 3.8) is 0 Å². The molecule has 0 radical (unpaired) electrons. The van der Waals surface area contributed by atoms with Crippen LogP contribution in [0.25, 0.3) is 0 Å². The third kappa shape index (κ3) is 2.26. The highest BCUT2D eigenvalue weighted by molar-refractivity contribution is 5.94. The van der Waals surface area contributed by atoms with E-state index in [1.54, 1.807) is 41.2 Å². The van der Waals surface area contributed by atoms with Crippen molar-refractivity contribution in [2.75, 3.05) is 6.54 Å². The van der Waals surface area contributed by atoms with E-state index in [1.165, 1.54) is 0 Å². The Kier molecular flexibility index (Phi) is 3.17. The second-order valence-electron chi connectivity index (χ2n) is 4.92. The van der Waals surface area contributed by atoms with E-state index in [-0.39, 0.29) is 18.1 Å². The van der Waals surface area contributed by atoms with E-state index in [1.807, 2.05) is 0 Å². The molecule has 2 aromatic rings. The summed E-state index contributed by atoms with van der Waals surface area (Å²) in [6, 6.07) is 3.30. The lowest BCUT2D eigenvalue weighted by Crippen LogP contribution is -2.36. The van der Waals surface area contributed by atoms with E-state index in [9.17, 15) is 14.7 Å². The lowest BCUT2D eigenvalue weighted by Gasteiger charge is -2.27. The SMILES string of the molecule is Cn1nc(C(=O)O)c2c1CCN(C(=O)c1ccncc1)C2. The molecule has 0 spiro atoms. The van der Waals surface area contributed by atoms with Crippen molar-refractivity contribution in [1.29, 1.82) is 0 Å². The van der Waals surface area contributed by atoms with E-state index in [4.69, 9.17) is 0 Å². The standard InChI is InChI=1S/C14H14N4O3/c1-17-11-4-7-18(8-10(11)12(16-17)14(20)21)13(19)9-2-5-15-6-3-9/h2-3,5-6H,4,7-8H2,1H3,(H,20,21). The number of carbonyl (C=O) groups excluding carboxylic acids is 1. The summed E-state index contributed by atoms with van der Waals surface area (Å²) in [5, 5.41) is 13.2. The third-order valence-electron chi connectivity index (χ3n) is 3.66. The summed E-state index contributed by atoms with van der Waals surface area (Å²) in [4.78, 5) is 29.2. The summed E-state index contributed by atoms with van der Waals surface area (Å²) in [6.45, 7) is 0.818. The topological polar surface area (TPSA) is 88.3 Å². The fourth-order valence-electron chi connectivity index (χ4n) is 2.61. The van der Waals surface area contributed by atoms with Crippen molar-refractivity contribution < 1.29 is 14.7 Å². The molecule has 0 fully saturated rings. The molecule has 21 heavy (non-hydrogen) atoms. The van der Waals surface area contributed by atoms with Gasteiger partial charge in [-0.05, 0) is 12.1 Å². The Balaban J connectivity index is 1.91. The summed E-state index contributed by atoms with van der Waals surface area (Å²) in [7, 11) is 1.73. The van der Waals surface area contributed by atoms with Crippen molar-refractivity contribution in [3.05, 3.63) is 47.0 Å². The second-order valence-corrected chi connectivity index (χ2v) is 4.92. The van der Waals surface area contributed by atoms with Crippen molar-refractivity contribution in [1.82, 2.24) is 19.7 Å². The molecule has 1 aliphatic rings. The van der Waals surface area contributed by atoms with Gasteiger partial charge in [-0.15, -0.1) is 0 Å². The van der Waals surface area contributed by atoms with Crippen LogP contribution in [0.5, 0.6) is 0 Å². The number of carboxylic acids is 1. The summed E-state index contributed by atoms with van der Waals surface area (Å²) < 4.78 is 1.59. The summed E-state index contributed by atoms with van der Waals surface area (Å²) in [5.74, 6) is -1.19. The quantitative estimate of drug-likeness (QED) is 0.878. The van der Waals surface area contributed by atoms with Gasteiger partial charge in [-0.3, -0.25) is 14.5 Å². The fourth-order valence-corrected chi connectivity index (χ4v) is 2.61. The molecule has 7 heteroatoms. The summed E-state index contributed by atoms with van der Waals surface area (Å²) >= 11 is 0. The molecular weight excluding hydrogens is 272 g/mol. The van der Waals surface area contributed by atoms with Crippen LogP contribution < -0.4 is 0 Å². The predicted molar refractivity (Wildman–Crippen MR) is 72.8 cm³/mol. The molecule has 7 nitrogen and oxygen atoms in total. The summed E-state index contributed by atoms with van der Waals surface area (Å²) in [5.41, 5.74) is 2.08. The van der Waals surface area contributed by atoms with E-state index in [0.29, 0.717) is 24.1 Å². The number of hydrogen-bond donors (Lipinski definition) is 1. The average molecular weight is 286 g/mol. The van der Waals surface area contributed by atoms with E-state index in [2.05, 4.69) is 10.1 Å². The minimum absolute atomic E-state index is 0.0275. The Morgan fingerprint density at radius 3 is 2.67 bits per heavy atom. The first kappa shape index (κ1) is 13.3. The van der Waals surface area contributed by atoms with Gasteiger partial charge >= 0.3 is 5.97 Å². The molecule has 2 aromatic heterocycles. The maximum atomic E-state index is 12.4. The van der Waals surface area contributed by atoms with E-state index in [0.717, 1.165) is 5.69 Å². The molecule has 108 valence electrons. The van der Waals surface area contributed by atoms with Gasteiger partial charge in [-0.25, -0.2) is 4.79 Å². The highest BCUT2D eigenvalue weighted by atomic mass is 16.4. The van der Waals surface area contributed by atoms with Gasteiger partial charge in [-0.2, -0.15) is 5.10 Å². The van der Waals surface area contributed by atoms with Crippen LogP contribution in [0, 0.1) is 0 Å². The number of aromatic nitrogens is 3. The zero-order valence-corrected chi connectivity index (χ0v) is 11.5. The van der Waals surface area contributed by atoms with Crippen LogP contribution in [-0.2, 0) is 20.0 Å². The second kappa shape index (κ2) is 5.01. The van der Waals surface area contributed by atoms with Gasteiger partial charge in [-0.1, -0.05) is 0 Å². The number of aromatic carboxylic acids is 1. The number of fused-ring (bicyclic) bond motifs is 1. The van der Waals surface area contributed by atoms with Crippen LogP contribution in [0.15, 0.2) is 24.5 Å². The smallest absolute Gasteiger partial charge is 0.356 e. The Labute approximate surface area is 120 Å². The molecule has 0 saturated heterocycles. The van der Waals surface area contributed by atoms with Crippen molar-refractivity contribution >= 4 is 11.9 Å². The van der Waals surface area contributed by atoms with E-state index >= 15 is 0 Å². The molecule has 1 aliphatic heterocycles. The van der Waals surface area contributed by atoms with Gasteiger partial charge in [0, 0.05) is 49.2 Å². The van der Waals surface area contributed by atoms with Gasteiger partial charge in [0.1, 0.15) is 0 Å². The molecule has 0 unspecified atom stereocenters. The first-order chi connectivity index (χ1) is 10.1. The first-order valence-corrected chi connectivity index (χ1v) is 6.55. The van der Waals surface area contributed by atoms with E-state index < -0.39 is 5.97 Å². The first-order valence-electron chi connectivity index (χ1n) is 6.55. The number of nitrogens with zero attached hydrogens (tertiary/aromatic N) is 4. The zero-order chi connectivity index (χ0) is 15.0. The Morgan fingerprint density at radius 1 is 1.29 bits per heavy atom. The number of carboxylic acid groups (broad SMARTS) is 1. The minimum atomic E-state index is -1.06. The normalized spacial score (nSPS) is 13.9. The lowest BCUT2D eigenvalue weighted by atomic mass is 10.0. The molecule has 1 amide bonds. The molecular formula is C14H14N4O3. The molecule has 0 aliphatic carbocycles. The highest BCUT2D eigenvalue weighted by Crippen LogP contribution is 2.23. The van der Waals surface area contributed by atoms with Gasteiger partial charge in [0.05, 0.1) is 6.54 Å². The number of aryl methyl sites for hydroxylation is 1. The Hall–Kier alpha value is -2.70. The molecule has 3 rings (SSSR count). The van der Waals surface area contributed by atoms with Gasteiger partial charge in [0.25, 0.3) is 5.91 Å². The van der Waals surface area contributed by atoms with Crippen LogP contribution >= 0.6 is 0 Å². The number of rotatable bonds is 2. The monoisotopic (exact) mass is 286 g/mol. The maximum absolute atomic E-state index is 12.4. The minimum Gasteiger partial charge on any atom is -0.476 e. The molecule has 0 atom stereocenters.